The van der Waals surface area contributed by atoms with Gasteiger partial charge in [0, 0.05) is 60.7 Å². The van der Waals surface area contributed by atoms with E-state index in [2.05, 4.69) is 63.0 Å². The molecular weight excluding hydrogens is 960 g/mol. The molecule has 3 N–H and O–H groups in total. The first kappa shape index (κ1) is 52.5. The second-order valence-corrected chi connectivity index (χ2v) is 20.3. The Hall–Kier alpha value is -6.85. The molecule has 2 fully saturated rings. The predicted molar refractivity (Wildman–Crippen MR) is 272 cm³/mol. The van der Waals surface area contributed by atoms with E-state index in [4.69, 9.17) is 18.9 Å². The fourth-order valence-corrected chi connectivity index (χ4v) is 10.6. The molecule has 15 nitrogen and oxygen atoms in total. The quantitative estimate of drug-likeness (QED) is 0.0663. The molecule has 0 bridgehead atoms. The van der Waals surface area contributed by atoms with E-state index >= 15 is 8.78 Å². The van der Waals surface area contributed by atoms with Crippen LogP contribution in [0, 0.1) is 48.0 Å². The Kier molecular flexibility index (Phi) is 16.5. The van der Waals surface area contributed by atoms with Crippen LogP contribution in [-0.4, -0.2) is 104 Å². The second-order valence-electron chi connectivity index (χ2n) is 19.5. The van der Waals surface area contributed by atoms with E-state index < -0.39 is 52.7 Å². The van der Waals surface area contributed by atoms with E-state index in [1.54, 1.807) is 46.6 Å². The van der Waals surface area contributed by atoms with Crippen molar-refractivity contribution in [2.24, 2.45) is 5.41 Å². The monoisotopic (exact) mass is 1020 g/mol. The molecule has 0 aliphatic carbocycles. The highest BCUT2D eigenvalue weighted by Gasteiger charge is 2.60. The number of aryl methyl sites for hydroxylation is 2. The first-order valence-corrected chi connectivity index (χ1v) is 25.1. The lowest BCUT2D eigenvalue weighted by Crippen LogP contribution is -2.44. The number of hydrogen-bond donors (Lipinski definition) is 3. The minimum atomic E-state index is -1.33. The highest BCUT2D eigenvalue weighted by Crippen LogP contribution is 2.52. The van der Waals surface area contributed by atoms with Crippen molar-refractivity contribution in [3.8, 4) is 28.8 Å². The summed E-state index contributed by atoms with van der Waals surface area (Å²) in [5.41, 5.74) is 3.27. The number of carbonyl (C=O) groups excluding carboxylic acids is 2. The Morgan fingerprint density at radius 3 is 2.53 bits per heavy atom. The fraction of sp³-hybridized carbons (Fsp3) is 0.407. The van der Waals surface area contributed by atoms with Gasteiger partial charge in [-0.3, -0.25) is 9.59 Å². The average molecular weight is 1020 g/mol. The molecule has 4 atom stereocenters. The predicted octanol–water partition coefficient (Wildman–Crippen LogP) is 8.31. The van der Waals surface area contributed by atoms with Crippen LogP contribution < -0.4 is 30.3 Å². The summed E-state index contributed by atoms with van der Waals surface area (Å²) in [6, 6.07) is 20.4. The highest BCUT2D eigenvalue weighted by molar-refractivity contribution is 7.14. The zero-order valence-corrected chi connectivity index (χ0v) is 42.6. The summed E-state index contributed by atoms with van der Waals surface area (Å²) >= 11 is 1.42. The van der Waals surface area contributed by atoms with Crippen LogP contribution in [0.1, 0.15) is 71.4 Å². The Balaban J connectivity index is 0.841. The van der Waals surface area contributed by atoms with Crippen molar-refractivity contribution in [1.29, 1.82) is 5.26 Å². The molecule has 384 valence electrons. The van der Waals surface area contributed by atoms with Gasteiger partial charge < -0.3 is 39.8 Å². The van der Waals surface area contributed by atoms with Crippen molar-refractivity contribution >= 4 is 34.0 Å². The van der Waals surface area contributed by atoms with Crippen LogP contribution in [0.4, 0.5) is 24.0 Å². The van der Waals surface area contributed by atoms with E-state index in [1.807, 2.05) is 32.0 Å². The van der Waals surface area contributed by atoms with Gasteiger partial charge in [0.15, 0.2) is 16.7 Å². The molecule has 2 amide bonds. The summed E-state index contributed by atoms with van der Waals surface area (Å²) in [5.74, 6) is -4.43. The SMILES string of the molecule is COc1cc(C(=O)NCCOCCn2cc(CCOc3c(-c4csc(N5CCOCC5)n4)ccc(F)c3F)nn2)ccc1NC(=O)[C@@H]1N[C@@H](CC(C)(C)C)[C@](C#N)(c2ccc(C)cc2C)[C@H]1c1ccccc1F. The number of carbonyl (C=O) groups is 2. The molecule has 0 saturated carbocycles. The van der Waals surface area contributed by atoms with Gasteiger partial charge in [0.2, 0.25) is 11.7 Å². The van der Waals surface area contributed by atoms with E-state index in [0.717, 1.165) is 27.9 Å². The van der Waals surface area contributed by atoms with Gasteiger partial charge in [0.25, 0.3) is 5.91 Å². The zero-order valence-electron chi connectivity index (χ0n) is 41.8. The van der Waals surface area contributed by atoms with Crippen molar-refractivity contribution in [3.05, 3.63) is 135 Å². The van der Waals surface area contributed by atoms with Crippen LogP contribution in [0.5, 0.6) is 11.5 Å². The number of hydrogen-bond acceptors (Lipinski definition) is 13. The summed E-state index contributed by atoms with van der Waals surface area (Å²) in [6.07, 6.45) is 2.51. The fourth-order valence-electron chi connectivity index (χ4n) is 9.70. The molecule has 19 heteroatoms. The molecule has 4 aromatic carbocycles. The molecule has 6 aromatic rings. The molecule has 2 aliphatic heterocycles. The van der Waals surface area contributed by atoms with E-state index in [9.17, 15) is 19.2 Å². The summed E-state index contributed by atoms with van der Waals surface area (Å²) in [5, 5.41) is 31.5. The van der Waals surface area contributed by atoms with Crippen LogP contribution in [-0.2, 0) is 32.6 Å². The lowest BCUT2D eigenvalue weighted by Gasteiger charge is -2.38. The zero-order chi connectivity index (χ0) is 51.9. The molecule has 2 saturated heterocycles. The van der Waals surface area contributed by atoms with Gasteiger partial charge in [0.1, 0.15) is 17.0 Å². The third kappa shape index (κ3) is 11.8. The maximum absolute atomic E-state index is 16.0. The number of amides is 2. The molecule has 73 heavy (non-hydrogen) atoms. The van der Waals surface area contributed by atoms with Crippen molar-refractivity contribution in [2.75, 3.05) is 70.0 Å². The lowest BCUT2D eigenvalue weighted by molar-refractivity contribution is -0.118. The smallest absolute Gasteiger partial charge is 0.251 e. The van der Waals surface area contributed by atoms with Gasteiger partial charge in [-0.1, -0.05) is 67.9 Å². The highest BCUT2D eigenvalue weighted by atomic mass is 32.1. The van der Waals surface area contributed by atoms with E-state index in [1.165, 1.54) is 36.6 Å². The number of ether oxygens (including phenoxy) is 4. The first-order chi connectivity index (χ1) is 35.1. The van der Waals surface area contributed by atoms with Crippen LogP contribution in [0.2, 0.25) is 0 Å². The van der Waals surface area contributed by atoms with Crippen LogP contribution in [0.15, 0.2) is 84.4 Å². The summed E-state index contributed by atoms with van der Waals surface area (Å²) in [7, 11) is 1.43. The van der Waals surface area contributed by atoms with E-state index in [-0.39, 0.29) is 60.8 Å². The average Bonchev–Trinajstić information content (AvgIpc) is 4.13. The van der Waals surface area contributed by atoms with Crippen molar-refractivity contribution < 1.29 is 41.7 Å². The molecule has 0 radical (unpaired) electrons. The number of nitrogens with one attached hydrogen (secondary N) is 3. The Morgan fingerprint density at radius 1 is 1.00 bits per heavy atom. The van der Waals surface area contributed by atoms with Crippen LogP contribution in [0.25, 0.3) is 11.3 Å². The number of morpholine rings is 1. The number of halogens is 3. The van der Waals surface area contributed by atoms with Gasteiger partial charge in [-0.2, -0.15) is 9.65 Å². The second kappa shape index (κ2) is 22.9. The number of aromatic nitrogens is 4. The number of methoxy groups -OCH3 is 1. The van der Waals surface area contributed by atoms with Gasteiger partial charge >= 0.3 is 0 Å². The topological polar surface area (TPSA) is 178 Å². The Morgan fingerprint density at radius 2 is 1.79 bits per heavy atom. The van der Waals surface area contributed by atoms with Crippen molar-refractivity contribution in [2.45, 2.75) is 77.4 Å². The lowest BCUT2D eigenvalue weighted by atomic mass is 9.62. The minimum absolute atomic E-state index is 0.0122. The maximum Gasteiger partial charge on any atom is 0.251 e. The molecule has 8 rings (SSSR count). The van der Waals surface area contributed by atoms with Crippen LogP contribution in [0.3, 0.4) is 0 Å². The number of benzene rings is 4. The largest absolute Gasteiger partial charge is 0.495 e. The summed E-state index contributed by atoms with van der Waals surface area (Å²) in [6.45, 7) is 13.7. The molecule has 4 heterocycles. The molecule has 2 aromatic heterocycles. The standard InChI is InChI=1S/C54H60F3N9O6S/c1-33-11-14-39(34(2)27-33)54(32-58)45(29-53(3,4)5)62-48(46(54)37-9-7-8-10-40(37)55)51(68)60-42-16-12-35(28-44(42)69-6)50(67)59-18-23-70-26-21-66-30-36(63-64-66)17-22-72-49-38(13-15-41(56)47(49)57)43-31-73-52(61-43)65-19-24-71-25-20-65/h7-16,27-28,30-31,45-46,48,62H,17-26,29H2,1-6H3,(H,59,67)(H,60,68)/t45-,46-,48+,54-/m0/s1. The molecule has 0 unspecified atom stereocenters. The molecule has 2 aliphatic rings. The summed E-state index contributed by atoms with van der Waals surface area (Å²) < 4.78 is 69.6. The van der Waals surface area contributed by atoms with Crippen molar-refractivity contribution in [3.63, 3.8) is 0 Å². The maximum atomic E-state index is 16.0. The molecular formula is C54H60F3N9O6S. The number of anilines is 2. The minimum Gasteiger partial charge on any atom is -0.495 e. The number of nitrogens with zero attached hydrogens (tertiary/aromatic N) is 6. The van der Waals surface area contributed by atoms with Crippen molar-refractivity contribution in [1.82, 2.24) is 30.6 Å². The van der Waals surface area contributed by atoms with Gasteiger partial charge in [0.05, 0.1) is 75.9 Å². The number of nitriles is 1. The normalized spacial score (nSPS) is 18.8. The van der Waals surface area contributed by atoms with Gasteiger partial charge in [-0.25, -0.2) is 18.4 Å². The first-order valence-electron chi connectivity index (χ1n) is 24.2. The third-order valence-corrected chi connectivity index (χ3v) is 14.0. The molecule has 0 spiro atoms. The number of thiazole rings is 1. The van der Waals surface area contributed by atoms with Gasteiger partial charge in [-0.15, -0.1) is 16.4 Å². The summed E-state index contributed by atoms with van der Waals surface area (Å²) in [4.78, 5) is 34.6. The number of rotatable bonds is 19. The van der Waals surface area contributed by atoms with Gasteiger partial charge in [-0.05, 0) is 78.8 Å². The third-order valence-electron chi connectivity index (χ3n) is 13.1. The Bertz CT molecular complexity index is 2970. The van der Waals surface area contributed by atoms with Crippen LogP contribution >= 0.6 is 11.3 Å². The van der Waals surface area contributed by atoms with E-state index in [0.29, 0.717) is 61.9 Å². The Labute approximate surface area is 427 Å².